The molecule has 0 aliphatic heterocycles. The van der Waals surface area contributed by atoms with Gasteiger partial charge in [0.1, 0.15) is 0 Å². The summed E-state index contributed by atoms with van der Waals surface area (Å²) in [7, 11) is 0. The lowest BCUT2D eigenvalue weighted by atomic mass is 9.68. The van der Waals surface area contributed by atoms with Crippen molar-refractivity contribution in [3.05, 3.63) is 65.5 Å². The number of carbonyl (C=O) groups is 2. The summed E-state index contributed by atoms with van der Waals surface area (Å²) in [6, 6.07) is 11.8. The molecule has 0 saturated heterocycles. The number of carbonyl (C=O) groups excluding carboxylic acids is 2. The Labute approximate surface area is 209 Å². The maximum absolute atomic E-state index is 13.5. The fourth-order valence-corrected chi connectivity index (χ4v) is 5.33. The molecule has 1 aromatic heterocycles. The third-order valence-electron chi connectivity index (χ3n) is 7.66. The van der Waals surface area contributed by atoms with Crippen molar-refractivity contribution in [3.8, 4) is 0 Å². The third kappa shape index (κ3) is 5.82. The highest BCUT2D eigenvalue weighted by Gasteiger charge is 2.44. The number of aromatic nitrogens is 1. The second-order valence-corrected chi connectivity index (χ2v) is 9.97. The normalized spacial score (nSPS) is 23.1. The van der Waals surface area contributed by atoms with E-state index in [0.717, 1.165) is 51.1 Å². The zero-order valence-electron chi connectivity index (χ0n) is 20.3. The van der Waals surface area contributed by atoms with Crippen LogP contribution in [0.3, 0.4) is 0 Å². The maximum atomic E-state index is 13.5. The molecule has 1 aromatic carbocycles. The number of nitrogens with two attached hydrogens (primary N) is 1. The number of ether oxygens (including phenoxy) is 1. The summed E-state index contributed by atoms with van der Waals surface area (Å²) in [5.74, 6) is -1.71. The van der Waals surface area contributed by atoms with Gasteiger partial charge in [-0.1, -0.05) is 18.2 Å². The Morgan fingerprint density at radius 2 is 1.72 bits per heavy atom. The molecule has 2 fully saturated rings. The van der Waals surface area contributed by atoms with Gasteiger partial charge >= 0.3 is 12.3 Å². The number of alkyl halides is 3. The largest absolute Gasteiger partial charge is 0.450 e. The zero-order chi connectivity index (χ0) is 25.9. The Balaban J connectivity index is 1.48. The summed E-state index contributed by atoms with van der Waals surface area (Å²) in [5.41, 5.74) is 6.37. The Kier molecular flexibility index (Phi) is 7.57. The molecule has 1 unspecified atom stereocenters. The van der Waals surface area contributed by atoms with Gasteiger partial charge < -0.3 is 15.4 Å². The molecule has 4 rings (SSSR count). The quantitative estimate of drug-likeness (QED) is 0.499. The van der Waals surface area contributed by atoms with Gasteiger partial charge in [0.15, 0.2) is 0 Å². The van der Waals surface area contributed by atoms with Crippen molar-refractivity contribution < 1.29 is 27.5 Å². The van der Waals surface area contributed by atoms with E-state index in [2.05, 4.69) is 4.98 Å². The van der Waals surface area contributed by atoms with Gasteiger partial charge in [0, 0.05) is 35.0 Å². The van der Waals surface area contributed by atoms with Crippen molar-refractivity contribution in [3.63, 3.8) is 0 Å². The van der Waals surface area contributed by atoms with Crippen LogP contribution >= 0.6 is 0 Å². The number of hydrogen-bond acceptors (Lipinski definition) is 4. The van der Waals surface area contributed by atoms with E-state index in [1.807, 2.05) is 23.1 Å². The molecular weight excluding hydrogens is 471 g/mol. The molecular formula is C27H32F3N3O3. The van der Waals surface area contributed by atoms with E-state index < -0.39 is 18.2 Å². The number of primary amides is 1. The van der Waals surface area contributed by atoms with Crippen LogP contribution < -0.4 is 5.73 Å². The van der Waals surface area contributed by atoms with E-state index in [9.17, 15) is 22.8 Å². The first kappa shape index (κ1) is 26.0. The molecule has 9 heteroatoms. The molecule has 2 aliphatic rings. The fraction of sp³-hybridized carbons (Fsp3) is 0.519. The van der Waals surface area contributed by atoms with Crippen LogP contribution in [0, 0.1) is 0 Å². The van der Waals surface area contributed by atoms with Gasteiger partial charge in [0.25, 0.3) is 5.91 Å². The number of nitrogens with zero attached hydrogens (tertiary/aromatic N) is 2. The maximum Gasteiger partial charge on any atom is 0.404 e. The molecule has 2 aromatic rings. The van der Waals surface area contributed by atoms with Gasteiger partial charge in [-0.25, -0.2) is 4.79 Å². The third-order valence-corrected chi connectivity index (χ3v) is 7.66. The minimum atomic E-state index is -4.32. The summed E-state index contributed by atoms with van der Waals surface area (Å²) in [6.07, 6.45) is 2.16. The van der Waals surface area contributed by atoms with E-state index in [0.29, 0.717) is 12.0 Å². The first-order chi connectivity index (χ1) is 17.1. The van der Waals surface area contributed by atoms with Crippen LogP contribution in [0.1, 0.15) is 79.4 Å². The van der Waals surface area contributed by atoms with Crippen LogP contribution in [0.2, 0.25) is 0 Å². The van der Waals surface area contributed by atoms with Crippen molar-refractivity contribution in [2.75, 3.05) is 6.61 Å². The minimum absolute atomic E-state index is 0.0349. The SMILES string of the molecule is CC(c1ccc(C(=O)N(C2CC2)C2CCC(CCOC(N)=O)(c3ccccn3)CC2)cc1)C(F)(F)F. The molecule has 0 radical (unpaired) electrons. The van der Waals surface area contributed by atoms with Gasteiger partial charge in [-0.2, -0.15) is 13.2 Å². The predicted octanol–water partition coefficient (Wildman–Crippen LogP) is 5.72. The molecule has 0 spiro atoms. The number of benzene rings is 1. The summed E-state index contributed by atoms with van der Waals surface area (Å²) in [6.45, 7) is 1.32. The van der Waals surface area contributed by atoms with Gasteiger partial charge in [-0.05, 0) is 81.7 Å². The van der Waals surface area contributed by atoms with Crippen LogP contribution in [0.4, 0.5) is 18.0 Å². The van der Waals surface area contributed by atoms with E-state index in [1.54, 1.807) is 6.20 Å². The average molecular weight is 504 g/mol. The second-order valence-electron chi connectivity index (χ2n) is 9.97. The second kappa shape index (κ2) is 10.5. The molecule has 1 heterocycles. The van der Waals surface area contributed by atoms with Gasteiger partial charge in [0.05, 0.1) is 12.5 Å². The van der Waals surface area contributed by atoms with E-state index in [-0.39, 0.29) is 35.6 Å². The fourth-order valence-electron chi connectivity index (χ4n) is 5.33. The summed E-state index contributed by atoms with van der Waals surface area (Å²) >= 11 is 0. The summed E-state index contributed by atoms with van der Waals surface area (Å²) in [5, 5.41) is 0. The topological polar surface area (TPSA) is 85.5 Å². The summed E-state index contributed by atoms with van der Waals surface area (Å²) < 4.78 is 44.2. The smallest absolute Gasteiger partial charge is 0.404 e. The highest BCUT2D eigenvalue weighted by atomic mass is 19.4. The van der Waals surface area contributed by atoms with Crippen molar-refractivity contribution in [2.45, 2.75) is 81.5 Å². The van der Waals surface area contributed by atoms with Gasteiger partial charge in [-0.15, -0.1) is 0 Å². The number of pyridine rings is 1. The monoisotopic (exact) mass is 503 g/mol. The molecule has 2 N–H and O–H groups in total. The first-order valence-electron chi connectivity index (χ1n) is 12.4. The number of halogens is 3. The molecule has 0 bridgehead atoms. The van der Waals surface area contributed by atoms with Crippen molar-refractivity contribution >= 4 is 12.0 Å². The number of amides is 2. The number of rotatable bonds is 8. The van der Waals surface area contributed by atoms with E-state index in [1.165, 1.54) is 24.3 Å². The lowest BCUT2D eigenvalue weighted by molar-refractivity contribution is -0.146. The lowest BCUT2D eigenvalue weighted by Crippen LogP contribution is -2.47. The molecule has 6 nitrogen and oxygen atoms in total. The van der Waals surface area contributed by atoms with Crippen LogP contribution in [0.15, 0.2) is 48.7 Å². The minimum Gasteiger partial charge on any atom is -0.450 e. The first-order valence-corrected chi connectivity index (χ1v) is 12.4. The van der Waals surface area contributed by atoms with Crippen molar-refractivity contribution in [1.29, 1.82) is 0 Å². The van der Waals surface area contributed by atoms with Crippen LogP contribution in [-0.4, -0.2) is 46.8 Å². The highest BCUT2D eigenvalue weighted by molar-refractivity contribution is 5.95. The van der Waals surface area contributed by atoms with Crippen LogP contribution in [0.5, 0.6) is 0 Å². The standard InChI is InChI=1S/C27H32F3N3O3/c1-18(27(28,29)30)19-5-7-20(8-6-19)24(34)33(21-9-10-21)22-11-13-26(14-12-22,15-17-36-25(31)35)23-4-2-3-16-32-23/h2-8,16,18,21-22H,9-15,17H2,1H3,(H2,31,35). The van der Waals surface area contributed by atoms with Gasteiger partial charge in [-0.3, -0.25) is 9.78 Å². The van der Waals surface area contributed by atoms with Crippen LogP contribution in [0.25, 0.3) is 0 Å². The van der Waals surface area contributed by atoms with E-state index in [4.69, 9.17) is 10.5 Å². The lowest BCUT2D eigenvalue weighted by Gasteiger charge is -2.43. The Morgan fingerprint density at radius 1 is 1.08 bits per heavy atom. The Hall–Kier alpha value is -3.10. The van der Waals surface area contributed by atoms with Crippen LogP contribution in [-0.2, 0) is 10.2 Å². The van der Waals surface area contributed by atoms with E-state index >= 15 is 0 Å². The molecule has 2 aliphatic carbocycles. The molecule has 1 atom stereocenters. The predicted molar refractivity (Wildman–Crippen MR) is 128 cm³/mol. The molecule has 2 saturated carbocycles. The Morgan fingerprint density at radius 3 is 2.25 bits per heavy atom. The average Bonchev–Trinajstić information content (AvgIpc) is 3.70. The summed E-state index contributed by atoms with van der Waals surface area (Å²) in [4.78, 5) is 31.1. The van der Waals surface area contributed by atoms with Crippen molar-refractivity contribution in [1.82, 2.24) is 9.88 Å². The molecule has 194 valence electrons. The molecule has 2 amide bonds. The van der Waals surface area contributed by atoms with Crippen molar-refractivity contribution in [2.24, 2.45) is 5.73 Å². The highest BCUT2D eigenvalue weighted by Crippen LogP contribution is 2.45. The number of hydrogen-bond donors (Lipinski definition) is 1. The van der Waals surface area contributed by atoms with Gasteiger partial charge in [0.2, 0.25) is 0 Å². The zero-order valence-corrected chi connectivity index (χ0v) is 20.3. The molecule has 36 heavy (non-hydrogen) atoms. The Bertz CT molecular complexity index is 1050.